The summed E-state index contributed by atoms with van der Waals surface area (Å²) >= 11 is 0. The number of hydrogen-bond donors (Lipinski definition) is 0. The van der Waals surface area contributed by atoms with E-state index in [0.29, 0.717) is 35.3 Å². The van der Waals surface area contributed by atoms with Crippen LogP contribution in [-0.2, 0) is 0 Å². The highest BCUT2D eigenvalue weighted by molar-refractivity contribution is 6.11. The maximum absolute atomic E-state index is 12.8. The second kappa shape index (κ2) is 4.99. The number of ketones is 1. The van der Waals surface area contributed by atoms with Crippen molar-refractivity contribution >= 4 is 5.78 Å². The maximum atomic E-state index is 12.8. The lowest BCUT2D eigenvalue weighted by atomic mass is 9.62. The third kappa shape index (κ3) is 1.82. The number of benzene rings is 1. The molecule has 0 radical (unpaired) electrons. The lowest BCUT2D eigenvalue weighted by Gasteiger charge is -2.69. The second-order valence-corrected chi connectivity index (χ2v) is 7.27. The molecule has 2 unspecified atom stereocenters. The van der Waals surface area contributed by atoms with Gasteiger partial charge in [0.2, 0.25) is 0 Å². The van der Waals surface area contributed by atoms with Gasteiger partial charge in [-0.1, -0.05) is 0 Å². The minimum atomic E-state index is 0.0864. The first-order valence-electron chi connectivity index (χ1n) is 8.78. The molecule has 24 heavy (non-hydrogen) atoms. The molecule has 2 atom stereocenters. The van der Waals surface area contributed by atoms with E-state index < -0.39 is 0 Å². The molecule has 3 aliphatic heterocycles. The van der Waals surface area contributed by atoms with Gasteiger partial charge in [-0.05, 0) is 31.4 Å². The Bertz CT molecular complexity index is 740. The molecule has 5 heteroatoms. The van der Waals surface area contributed by atoms with Crippen LogP contribution in [0.4, 0.5) is 0 Å². The Morgan fingerprint density at radius 2 is 2.21 bits per heavy atom. The van der Waals surface area contributed by atoms with Crippen LogP contribution in [-0.4, -0.2) is 60.5 Å². The van der Waals surface area contributed by atoms with Crippen molar-refractivity contribution in [3.05, 3.63) is 35.5 Å². The summed E-state index contributed by atoms with van der Waals surface area (Å²) in [5.41, 5.74) is 1.82. The fraction of sp³-hybridized carbons (Fsp3) is 0.526. The van der Waals surface area contributed by atoms with E-state index in [2.05, 4.69) is 16.0 Å². The average Bonchev–Trinajstić information content (AvgIpc) is 2.54. The molecule has 5 nitrogen and oxygen atoms in total. The quantitative estimate of drug-likeness (QED) is 0.779. The SMILES string of the molecule is COc1ccc2c(c1)OC/C(=C\N1CCN3CCC34CCC14)C2=O. The van der Waals surface area contributed by atoms with E-state index >= 15 is 0 Å². The lowest BCUT2D eigenvalue weighted by Crippen LogP contribution is -2.78. The maximum Gasteiger partial charge on any atom is 0.197 e. The summed E-state index contributed by atoms with van der Waals surface area (Å²) in [5.74, 6) is 1.43. The van der Waals surface area contributed by atoms with Gasteiger partial charge in [0.15, 0.2) is 5.78 Å². The van der Waals surface area contributed by atoms with Gasteiger partial charge in [-0.2, -0.15) is 0 Å². The van der Waals surface area contributed by atoms with Gasteiger partial charge in [0, 0.05) is 43.5 Å². The first-order valence-corrected chi connectivity index (χ1v) is 8.78. The van der Waals surface area contributed by atoms with Crippen molar-refractivity contribution < 1.29 is 14.3 Å². The van der Waals surface area contributed by atoms with Crippen molar-refractivity contribution in [3.8, 4) is 11.5 Å². The van der Waals surface area contributed by atoms with Crippen LogP contribution >= 0.6 is 0 Å². The number of carbonyl (C=O) groups excluding carboxylic acids is 1. The Morgan fingerprint density at radius 1 is 1.29 bits per heavy atom. The van der Waals surface area contributed by atoms with Gasteiger partial charge in [-0.15, -0.1) is 0 Å². The topological polar surface area (TPSA) is 42.0 Å². The highest BCUT2D eigenvalue weighted by Gasteiger charge is 2.59. The van der Waals surface area contributed by atoms with Gasteiger partial charge < -0.3 is 14.4 Å². The smallest absolute Gasteiger partial charge is 0.197 e. The van der Waals surface area contributed by atoms with Gasteiger partial charge >= 0.3 is 0 Å². The van der Waals surface area contributed by atoms with Crippen LogP contribution in [0.2, 0.25) is 0 Å². The Morgan fingerprint density at radius 3 is 2.92 bits per heavy atom. The minimum Gasteiger partial charge on any atom is -0.497 e. The van der Waals surface area contributed by atoms with E-state index in [4.69, 9.17) is 9.47 Å². The molecule has 3 fully saturated rings. The molecule has 0 amide bonds. The highest BCUT2D eigenvalue weighted by atomic mass is 16.5. The zero-order valence-electron chi connectivity index (χ0n) is 14.0. The average molecular weight is 326 g/mol. The molecule has 1 aromatic carbocycles. The number of Topliss-reactive ketones (excluding diaryl/α,β-unsaturated/α-hetero) is 1. The number of piperazine rings is 1. The summed E-state index contributed by atoms with van der Waals surface area (Å²) in [6, 6.07) is 5.99. The number of ether oxygens (including phenoxy) is 2. The van der Waals surface area contributed by atoms with Gasteiger partial charge in [0.25, 0.3) is 0 Å². The largest absolute Gasteiger partial charge is 0.497 e. The summed E-state index contributed by atoms with van der Waals surface area (Å²) in [6.07, 6.45) is 5.94. The summed E-state index contributed by atoms with van der Waals surface area (Å²) in [6.45, 7) is 3.72. The molecule has 4 aliphatic rings. The molecule has 3 heterocycles. The summed E-state index contributed by atoms with van der Waals surface area (Å²) < 4.78 is 11.0. The molecule has 126 valence electrons. The van der Waals surface area contributed by atoms with Crippen molar-refractivity contribution in [3.63, 3.8) is 0 Å². The molecule has 1 spiro atoms. The third-order valence-electron chi connectivity index (χ3n) is 6.37. The molecule has 1 aliphatic carbocycles. The number of fused-ring (bicyclic) bond motifs is 1. The van der Waals surface area contributed by atoms with Crippen LogP contribution in [0.15, 0.2) is 30.0 Å². The fourth-order valence-corrected chi connectivity index (χ4v) is 4.81. The summed E-state index contributed by atoms with van der Waals surface area (Å²) in [4.78, 5) is 17.9. The number of hydrogen-bond acceptors (Lipinski definition) is 5. The first kappa shape index (κ1) is 14.3. The van der Waals surface area contributed by atoms with Crippen molar-refractivity contribution in [2.24, 2.45) is 0 Å². The Balaban J connectivity index is 1.41. The molecule has 5 rings (SSSR count). The van der Waals surface area contributed by atoms with Crippen LogP contribution < -0.4 is 9.47 Å². The lowest BCUT2D eigenvalue weighted by molar-refractivity contribution is -0.161. The number of carbonyl (C=O) groups is 1. The predicted molar refractivity (Wildman–Crippen MR) is 89.6 cm³/mol. The third-order valence-corrected chi connectivity index (χ3v) is 6.37. The second-order valence-electron chi connectivity index (χ2n) is 7.27. The summed E-state index contributed by atoms with van der Waals surface area (Å²) in [5, 5.41) is 0. The highest BCUT2D eigenvalue weighted by Crippen LogP contribution is 2.51. The Hall–Kier alpha value is -2.01. The van der Waals surface area contributed by atoms with Crippen LogP contribution in [0.3, 0.4) is 0 Å². The van der Waals surface area contributed by atoms with E-state index in [1.807, 2.05) is 6.07 Å². The van der Waals surface area contributed by atoms with Gasteiger partial charge in [-0.3, -0.25) is 9.69 Å². The van der Waals surface area contributed by atoms with E-state index in [1.165, 1.54) is 25.8 Å². The molecule has 0 bridgehead atoms. The molecule has 0 N–H and O–H groups in total. The number of nitrogens with zero attached hydrogens (tertiary/aromatic N) is 2. The normalized spacial score (nSPS) is 32.9. The van der Waals surface area contributed by atoms with E-state index in [0.717, 1.165) is 18.7 Å². The van der Waals surface area contributed by atoms with Crippen LogP contribution in [0.25, 0.3) is 0 Å². The number of methoxy groups -OCH3 is 1. The Labute approximate surface area is 141 Å². The van der Waals surface area contributed by atoms with E-state index in [1.54, 1.807) is 19.2 Å². The van der Waals surface area contributed by atoms with Gasteiger partial charge in [0.05, 0.1) is 18.2 Å². The van der Waals surface area contributed by atoms with Crippen LogP contribution in [0, 0.1) is 0 Å². The molecule has 1 aromatic rings. The van der Waals surface area contributed by atoms with Crippen molar-refractivity contribution in [2.45, 2.75) is 30.8 Å². The minimum absolute atomic E-state index is 0.0864. The van der Waals surface area contributed by atoms with E-state index in [9.17, 15) is 4.79 Å². The zero-order valence-corrected chi connectivity index (χ0v) is 14.0. The molecular weight excluding hydrogens is 304 g/mol. The van der Waals surface area contributed by atoms with Gasteiger partial charge in [-0.25, -0.2) is 0 Å². The summed E-state index contributed by atoms with van der Waals surface area (Å²) in [7, 11) is 1.62. The fourth-order valence-electron chi connectivity index (χ4n) is 4.81. The standard InChI is InChI=1S/C19H22N2O3/c1-23-14-2-3-15-16(10-14)24-12-13(18(15)22)11-20-8-9-21-7-6-19(21)5-4-17(19)20/h2-3,10-11,17H,4-9,12H2,1H3/b13-11+. The van der Waals surface area contributed by atoms with E-state index in [-0.39, 0.29) is 5.78 Å². The first-order chi connectivity index (χ1) is 11.7. The molecule has 1 saturated carbocycles. The van der Waals surface area contributed by atoms with Crippen LogP contribution in [0.1, 0.15) is 29.6 Å². The number of rotatable bonds is 2. The van der Waals surface area contributed by atoms with Crippen molar-refractivity contribution in [2.75, 3.05) is 33.4 Å². The zero-order chi connectivity index (χ0) is 16.3. The van der Waals surface area contributed by atoms with Gasteiger partial charge in [0.1, 0.15) is 18.1 Å². The molecule has 2 saturated heterocycles. The van der Waals surface area contributed by atoms with Crippen molar-refractivity contribution in [1.82, 2.24) is 9.80 Å². The predicted octanol–water partition coefficient (Wildman–Crippen LogP) is 2.08. The van der Waals surface area contributed by atoms with Crippen molar-refractivity contribution in [1.29, 1.82) is 0 Å². The molecule has 0 aromatic heterocycles. The van der Waals surface area contributed by atoms with Crippen LogP contribution in [0.5, 0.6) is 11.5 Å². The molecular formula is C19H22N2O3. The monoisotopic (exact) mass is 326 g/mol. The Kier molecular flexibility index (Phi) is 2.98.